The Hall–Kier alpha value is -1.06. The molecule has 0 atom stereocenters. The number of oxazole rings is 1. The van der Waals surface area contributed by atoms with Crippen LogP contribution in [-0.2, 0) is 6.42 Å². The summed E-state index contributed by atoms with van der Waals surface area (Å²) in [6.07, 6.45) is 2.92. The number of nitrogens with zero attached hydrogens (tertiary/aromatic N) is 1. The minimum atomic E-state index is -0.380. The molecule has 0 bridgehead atoms. The molecule has 90 valence electrons. The van der Waals surface area contributed by atoms with E-state index in [-0.39, 0.29) is 5.82 Å². The molecule has 1 aromatic carbocycles. The second-order valence-corrected chi connectivity index (χ2v) is 4.35. The van der Waals surface area contributed by atoms with Crippen LogP contribution in [0.3, 0.4) is 0 Å². The van der Waals surface area contributed by atoms with Gasteiger partial charge < -0.3 is 4.42 Å². The lowest BCUT2D eigenvalue weighted by Crippen LogP contribution is -1.85. The highest BCUT2D eigenvalue weighted by Gasteiger charge is 2.11. The molecule has 0 amide bonds. The van der Waals surface area contributed by atoms with Crippen molar-refractivity contribution >= 4 is 23.2 Å². The molecule has 1 heterocycles. The second kappa shape index (κ2) is 5.52. The molecular formula is C12H10Cl2FNO. The van der Waals surface area contributed by atoms with Crippen LogP contribution in [0.5, 0.6) is 0 Å². The van der Waals surface area contributed by atoms with Crippen molar-refractivity contribution in [2.24, 2.45) is 0 Å². The zero-order valence-corrected chi connectivity index (χ0v) is 10.4. The molecule has 0 aliphatic rings. The summed E-state index contributed by atoms with van der Waals surface area (Å²) in [5, 5.41) is 0.458. The average Bonchev–Trinajstić information content (AvgIpc) is 2.78. The standard InChI is InChI=1S/C12H10Cl2FNO/c13-5-1-2-12-16-7-11(17-12)9-6-8(14)3-4-10(9)15/h3-4,6-7H,1-2,5H2. The number of hydrogen-bond donors (Lipinski definition) is 0. The highest BCUT2D eigenvalue weighted by atomic mass is 35.5. The maximum Gasteiger partial charge on any atom is 0.194 e. The zero-order chi connectivity index (χ0) is 12.3. The fourth-order valence-corrected chi connectivity index (χ4v) is 1.76. The Morgan fingerprint density at radius 3 is 2.94 bits per heavy atom. The Kier molecular flexibility index (Phi) is 4.02. The van der Waals surface area contributed by atoms with Gasteiger partial charge in [0.05, 0.1) is 11.8 Å². The van der Waals surface area contributed by atoms with Crippen molar-refractivity contribution in [3.05, 3.63) is 41.1 Å². The maximum absolute atomic E-state index is 13.5. The van der Waals surface area contributed by atoms with Crippen LogP contribution in [0.25, 0.3) is 11.3 Å². The Labute approximate surface area is 108 Å². The van der Waals surface area contributed by atoms with Crippen molar-refractivity contribution in [3.8, 4) is 11.3 Å². The van der Waals surface area contributed by atoms with Crippen molar-refractivity contribution in [2.75, 3.05) is 5.88 Å². The SMILES string of the molecule is Fc1ccc(Cl)cc1-c1cnc(CCCCl)o1. The number of aryl methyl sites for hydroxylation is 1. The molecule has 2 rings (SSSR count). The summed E-state index contributed by atoms with van der Waals surface area (Å²) in [6.45, 7) is 0. The lowest BCUT2D eigenvalue weighted by atomic mass is 10.2. The van der Waals surface area contributed by atoms with Gasteiger partial charge in [0, 0.05) is 17.3 Å². The first-order valence-corrected chi connectivity index (χ1v) is 6.08. The third-order valence-electron chi connectivity index (χ3n) is 2.27. The number of hydrogen-bond acceptors (Lipinski definition) is 2. The number of aromatic nitrogens is 1. The van der Waals surface area contributed by atoms with Gasteiger partial charge in [-0.25, -0.2) is 9.37 Å². The Balaban J connectivity index is 2.27. The molecule has 0 spiro atoms. The number of rotatable bonds is 4. The fourth-order valence-electron chi connectivity index (χ4n) is 1.45. The Bertz CT molecular complexity index is 513. The summed E-state index contributed by atoms with van der Waals surface area (Å²) in [7, 11) is 0. The first-order chi connectivity index (χ1) is 8.20. The van der Waals surface area contributed by atoms with Crippen molar-refractivity contribution in [2.45, 2.75) is 12.8 Å². The molecule has 5 heteroatoms. The van der Waals surface area contributed by atoms with Crippen LogP contribution in [0.4, 0.5) is 4.39 Å². The topological polar surface area (TPSA) is 26.0 Å². The fraction of sp³-hybridized carbons (Fsp3) is 0.250. The summed E-state index contributed by atoms with van der Waals surface area (Å²) in [6, 6.07) is 4.31. The van der Waals surface area contributed by atoms with Crippen LogP contribution >= 0.6 is 23.2 Å². The molecule has 0 saturated heterocycles. The predicted molar refractivity (Wildman–Crippen MR) is 65.9 cm³/mol. The van der Waals surface area contributed by atoms with Gasteiger partial charge in [0.25, 0.3) is 0 Å². The van der Waals surface area contributed by atoms with Crippen LogP contribution in [0.15, 0.2) is 28.8 Å². The Morgan fingerprint density at radius 1 is 1.35 bits per heavy atom. The van der Waals surface area contributed by atoms with Gasteiger partial charge >= 0.3 is 0 Å². The first kappa shape index (κ1) is 12.4. The molecule has 2 nitrogen and oxygen atoms in total. The van der Waals surface area contributed by atoms with Gasteiger partial charge in [-0.15, -0.1) is 11.6 Å². The molecule has 0 fully saturated rings. The second-order valence-electron chi connectivity index (χ2n) is 3.53. The van der Waals surface area contributed by atoms with E-state index in [4.69, 9.17) is 27.6 Å². The number of alkyl halides is 1. The highest BCUT2D eigenvalue weighted by Crippen LogP contribution is 2.26. The zero-order valence-electron chi connectivity index (χ0n) is 8.92. The van der Waals surface area contributed by atoms with E-state index in [9.17, 15) is 4.39 Å². The predicted octanol–water partition coefficient (Wildman–Crippen LogP) is 4.31. The van der Waals surface area contributed by atoms with E-state index in [0.717, 1.165) is 6.42 Å². The first-order valence-electron chi connectivity index (χ1n) is 5.17. The molecule has 17 heavy (non-hydrogen) atoms. The molecule has 1 aromatic heterocycles. The van der Waals surface area contributed by atoms with Gasteiger partial charge in [0.1, 0.15) is 5.82 Å². The van der Waals surface area contributed by atoms with Gasteiger partial charge in [0.15, 0.2) is 11.7 Å². The lowest BCUT2D eigenvalue weighted by Gasteiger charge is -1.99. The van der Waals surface area contributed by atoms with Crippen molar-refractivity contribution in [3.63, 3.8) is 0 Å². The minimum absolute atomic E-state index is 0.321. The molecular weight excluding hydrogens is 264 g/mol. The van der Waals surface area contributed by atoms with E-state index in [2.05, 4.69) is 4.98 Å². The van der Waals surface area contributed by atoms with Gasteiger partial charge in [-0.05, 0) is 24.6 Å². The monoisotopic (exact) mass is 273 g/mol. The summed E-state index contributed by atoms with van der Waals surface area (Å²) in [4.78, 5) is 4.07. The maximum atomic E-state index is 13.5. The normalized spacial score (nSPS) is 10.8. The van der Waals surface area contributed by atoms with E-state index in [0.29, 0.717) is 34.5 Å². The van der Waals surface area contributed by atoms with E-state index in [1.807, 2.05) is 0 Å². The third-order valence-corrected chi connectivity index (χ3v) is 2.77. The van der Waals surface area contributed by atoms with Gasteiger partial charge in [-0.1, -0.05) is 11.6 Å². The molecule has 0 aliphatic heterocycles. The van der Waals surface area contributed by atoms with E-state index >= 15 is 0 Å². The average molecular weight is 274 g/mol. The van der Waals surface area contributed by atoms with Crippen LogP contribution in [0, 0.1) is 5.82 Å². The van der Waals surface area contributed by atoms with Gasteiger partial charge in [-0.3, -0.25) is 0 Å². The molecule has 0 aliphatic carbocycles. The summed E-state index contributed by atoms with van der Waals surface area (Å²) in [5.41, 5.74) is 0.321. The lowest BCUT2D eigenvalue weighted by molar-refractivity contribution is 0.499. The van der Waals surface area contributed by atoms with Gasteiger partial charge in [0.2, 0.25) is 0 Å². The number of halogens is 3. The van der Waals surface area contributed by atoms with E-state index in [1.165, 1.54) is 24.4 Å². The summed E-state index contributed by atoms with van der Waals surface area (Å²) >= 11 is 11.4. The van der Waals surface area contributed by atoms with Crippen LogP contribution < -0.4 is 0 Å². The van der Waals surface area contributed by atoms with Crippen LogP contribution in [0.1, 0.15) is 12.3 Å². The molecule has 0 N–H and O–H groups in total. The highest BCUT2D eigenvalue weighted by molar-refractivity contribution is 6.30. The molecule has 0 saturated carbocycles. The van der Waals surface area contributed by atoms with E-state index in [1.54, 1.807) is 0 Å². The Morgan fingerprint density at radius 2 is 2.18 bits per heavy atom. The summed E-state index contributed by atoms with van der Waals surface area (Å²) < 4.78 is 19.0. The van der Waals surface area contributed by atoms with Crippen molar-refractivity contribution in [1.29, 1.82) is 0 Å². The summed E-state index contributed by atoms with van der Waals surface area (Å²) in [5.74, 6) is 1.10. The van der Waals surface area contributed by atoms with E-state index < -0.39 is 0 Å². The third kappa shape index (κ3) is 2.99. The minimum Gasteiger partial charge on any atom is -0.441 e. The quantitative estimate of drug-likeness (QED) is 0.776. The molecule has 0 unspecified atom stereocenters. The van der Waals surface area contributed by atoms with Crippen molar-refractivity contribution in [1.82, 2.24) is 4.98 Å². The molecule has 2 aromatic rings. The van der Waals surface area contributed by atoms with Gasteiger partial charge in [-0.2, -0.15) is 0 Å². The largest absolute Gasteiger partial charge is 0.441 e. The van der Waals surface area contributed by atoms with Crippen LogP contribution in [0.2, 0.25) is 5.02 Å². The number of benzene rings is 1. The van der Waals surface area contributed by atoms with Crippen LogP contribution in [-0.4, -0.2) is 10.9 Å². The molecule has 0 radical (unpaired) electrons. The van der Waals surface area contributed by atoms with Crippen molar-refractivity contribution < 1.29 is 8.81 Å². The smallest absolute Gasteiger partial charge is 0.194 e.